The van der Waals surface area contributed by atoms with Gasteiger partial charge in [-0.2, -0.15) is 0 Å². The number of ether oxygens (including phenoxy) is 3. The van der Waals surface area contributed by atoms with Crippen LogP contribution in [0.25, 0.3) is 0 Å². The number of unbranched alkanes of at least 4 members (excludes halogenated alkanes) is 20. The molecule has 1 atom stereocenters. The van der Waals surface area contributed by atoms with Gasteiger partial charge in [0.05, 0.1) is 6.61 Å². The van der Waals surface area contributed by atoms with E-state index in [-0.39, 0.29) is 25.2 Å². The normalized spacial score (nSPS) is 12.9. The molecule has 0 heterocycles. The Morgan fingerprint density at radius 3 is 1.33 bits per heavy atom. The topological polar surface area (TPSA) is 61.8 Å². The first-order valence-electron chi connectivity index (χ1n) is 25.1. The van der Waals surface area contributed by atoms with Crippen LogP contribution in [0.4, 0.5) is 0 Å². The molecule has 5 nitrogen and oxygen atoms in total. The van der Waals surface area contributed by atoms with Crippen LogP contribution in [0.3, 0.4) is 0 Å². The molecule has 0 amide bonds. The van der Waals surface area contributed by atoms with E-state index in [4.69, 9.17) is 14.2 Å². The number of carbonyl (C=O) groups is 2. The van der Waals surface area contributed by atoms with Gasteiger partial charge in [0.1, 0.15) is 6.61 Å². The lowest BCUT2D eigenvalue weighted by Gasteiger charge is -2.18. The molecule has 0 fully saturated rings. The van der Waals surface area contributed by atoms with E-state index in [1.807, 2.05) is 6.08 Å². The Balaban J connectivity index is 4.31. The molecule has 0 bridgehead atoms. The van der Waals surface area contributed by atoms with Crippen LogP contribution in [-0.4, -0.2) is 37.9 Å². The van der Waals surface area contributed by atoms with Gasteiger partial charge in [-0.15, -0.1) is 0 Å². The zero-order valence-corrected chi connectivity index (χ0v) is 39.5. The molecule has 0 aliphatic heterocycles. The molecule has 0 aliphatic carbocycles. The summed E-state index contributed by atoms with van der Waals surface area (Å²) in [4.78, 5) is 25.3. The molecule has 0 aromatic carbocycles. The van der Waals surface area contributed by atoms with Crippen LogP contribution in [-0.2, 0) is 23.8 Å². The highest BCUT2D eigenvalue weighted by molar-refractivity contribution is 5.70. The fourth-order valence-electron chi connectivity index (χ4n) is 6.65. The average molecular weight is 835 g/mol. The van der Waals surface area contributed by atoms with Crippen molar-refractivity contribution in [2.24, 2.45) is 0 Å². The molecule has 0 radical (unpaired) electrons. The van der Waals surface area contributed by atoms with E-state index in [0.717, 1.165) is 64.2 Å². The Labute approximate surface area is 371 Å². The van der Waals surface area contributed by atoms with Crippen LogP contribution in [0, 0.1) is 0 Å². The Hall–Kier alpha value is -2.92. The minimum Gasteiger partial charge on any atom is -0.462 e. The maximum Gasteiger partial charge on any atom is 0.306 e. The highest BCUT2D eigenvalue weighted by Gasteiger charge is 2.17. The van der Waals surface area contributed by atoms with Gasteiger partial charge in [0.15, 0.2) is 6.10 Å². The zero-order valence-electron chi connectivity index (χ0n) is 39.5. The van der Waals surface area contributed by atoms with Crippen molar-refractivity contribution >= 4 is 11.9 Å². The number of allylic oxidation sites excluding steroid dienone is 14. The summed E-state index contributed by atoms with van der Waals surface area (Å²) in [6, 6.07) is 0. The number of hydrogen-bond acceptors (Lipinski definition) is 5. The summed E-state index contributed by atoms with van der Waals surface area (Å²) >= 11 is 0. The second-order valence-corrected chi connectivity index (χ2v) is 16.3. The fraction of sp³-hybridized carbons (Fsp3) is 0.709. The number of hydrogen-bond donors (Lipinski definition) is 0. The van der Waals surface area contributed by atoms with Crippen LogP contribution in [0.1, 0.15) is 226 Å². The molecule has 1 unspecified atom stereocenters. The molecule has 344 valence electrons. The smallest absolute Gasteiger partial charge is 0.306 e. The number of rotatable bonds is 45. The highest BCUT2D eigenvalue weighted by Crippen LogP contribution is 2.13. The van der Waals surface area contributed by atoms with Gasteiger partial charge in [-0.25, -0.2) is 0 Å². The third-order valence-electron chi connectivity index (χ3n) is 10.4. The van der Waals surface area contributed by atoms with E-state index in [1.165, 1.54) is 122 Å². The third-order valence-corrected chi connectivity index (χ3v) is 10.4. The lowest BCUT2D eigenvalue weighted by atomic mass is 10.1. The second kappa shape index (κ2) is 50.4. The van der Waals surface area contributed by atoms with Crippen LogP contribution in [0.15, 0.2) is 85.1 Å². The van der Waals surface area contributed by atoms with Crippen molar-refractivity contribution in [1.29, 1.82) is 0 Å². The summed E-state index contributed by atoms with van der Waals surface area (Å²) in [5.41, 5.74) is 0. The van der Waals surface area contributed by atoms with Gasteiger partial charge >= 0.3 is 11.9 Å². The molecule has 0 N–H and O–H groups in total. The maximum atomic E-state index is 12.7. The number of esters is 2. The van der Waals surface area contributed by atoms with Gasteiger partial charge < -0.3 is 14.2 Å². The Kier molecular flexibility index (Phi) is 48.0. The van der Waals surface area contributed by atoms with Gasteiger partial charge in [-0.1, -0.05) is 202 Å². The lowest BCUT2D eigenvalue weighted by molar-refractivity contribution is -0.162. The molecule has 0 aromatic heterocycles. The first kappa shape index (κ1) is 57.1. The Morgan fingerprint density at radius 1 is 0.383 bits per heavy atom. The summed E-state index contributed by atoms with van der Waals surface area (Å²) in [5.74, 6) is -0.500. The molecule has 0 saturated heterocycles. The largest absolute Gasteiger partial charge is 0.462 e. The highest BCUT2D eigenvalue weighted by atomic mass is 16.6. The molecule has 5 heteroatoms. The van der Waals surface area contributed by atoms with Gasteiger partial charge in [0.2, 0.25) is 0 Å². The summed E-state index contributed by atoms with van der Waals surface area (Å²) in [6.07, 6.45) is 66.0. The van der Waals surface area contributed by atoms with Crippen LogP contribution < -0.4 is 0 Å². The SMILES string of the molecule is CC/C=C\C/C=C\C/C=C\C/C=C\CCC(=O)OC(COCCCCCCCC/C=C\CCCC)COC(=O)CCCCCCCCCCC/C=C\C/C=C\CCCCC. The molecule has 0 aromatic rings. The lowest BCUT2D eigenvalue weighted by Crippen LogP contribution is -2.30. The van der Waals surface area contributed by atoms with E-state index in [2.05, 4.69) is 99.8 Å². The molecule has 0 rings (SSSR count). The van der Waals surface area contributed by atoms with Crippen molar-refractivity contribution in [1.82, 2.24) is 0 Å². The molecular weight excluding hydrogens is 741 g/mol. The minimum absolute atomic E-state index is 0.0490. The average Bonchev–Trinajstić information content (AvgIpc) is 3.25. The van der Waals surface area contributed by atoms with Crippen LogP contribution in [0.5, 0.6) is 0 Å². The van der Waals surface area contributed by atoms with Gasteiger partial charge in [-0.3, -0.25) is 9.59 Å². The van der Waals surface area contributed by atoms with E-state index in [1.54, 1.807) is 0 Å². The third kappa shape index (κ3) is 47.8. The monoisotopic (exact) mass is 835 g/mol. The van der Waals surface area contributed by atoms with Crippen LogP contribution >= 0.6 is 0 Å². The van der Waals surface area contributed by atoms with E-state index >= 15 is 0 Å². The molecule has 60 heavy (non-hydrogen) atoms. The van der Waals surface area contributed by atoms with E-state index in [9.17, 15) is 9.59 Å². The maximum absolute atomic E-state index is 12.7. The van der Waals surface area contributed by atoms with Crippen LogP contribution in [0.2, 0.25) is 0 Å². The predicted molar refractivity (Wildman–Crippen MR) is 260 cm³/mol. The van der Waals surface area contributed by atoms with Crippen molar-refractivity contribution < 1.29 is 23.8 Å². The van der Waals surface area contributed by atoms with Gasteiger partial charge in [0, 0.05) is 19.4 Å². The molecule has 0 saturated carbocycles. The summed E-state index contributed by atoms with van der Waals surface area (Å²) in [7, 11) is 0. The zero-order chi connectivity index (χ0) is 43.5. The summed E-state index contributed by atoms with van der Waals surface area (Å²) in [5, 5.41) is 0. The van der Waals surface area contributed by atoms with E-state index < -0.39 is 6.10 Å². The van der Waals surface area contributed by atoms with Crippen molar-refractivity contribution in [3.63, 3.8) is 0 Å². The summed E-state index contributed by atoms with van der Waals surface area (Å²) < 4.78 is 17.3. The molecule has 0 aliphatic rings. The Bertz CT molecular complexity index is 1130. The van der Waals surface area contributed by atoms with Gasteiger partial charge in [0.25, 0.3) is 0 Å². The number of carbonyl (C=O) groups excluding carboxylic acids is 2. The molecule has 0 spiro atoms. The van der Waals surface area contributed by atoms with Crippen molar-refractivity contribution in [2.45, 2.75) is 232 Å². The first-order valence-corrected chi connectivity index (χ1v) is 25.1. The second-order valence-electron chi connectivity index (χ2n) is 16.3. The standard InChI is InChI=1S/C55H94O5/c1-4-7-10-13-16-19-22-25-26-27-28-29-30-32-33-36-39-42-45-48-54(56)59-52-53(51-58-50-47-44-41-38-35-24-21-18-15-12-9-6-3)60-55(57)49-46-43-40-37-34-31-23-20-17-14-11-8-5-2/h8,11,15-20,25-26,31,34,40,43,53H,4-7,9-10,12-14,21-24,27-30,32-33,35-39,41-42,44-52H2,1-3H3/b11-8-,18-15-,19-16-,20-17-,26-25-,34-31-,43-40-. The van der Waals surface area contributed by atoms with Crippen molar-refractivity contribution in [3.8, 4) is 0 Å². The first-order chi connectivity index (χ1) is 29.6. The summed E-state index contributed by atoms with van der Waals surface area (Å²) in [6.45, 7) is 7.56. The van der Waals surface area contributed by atoms with Crippen molar-refractivity contribution in [2.75, 3.05) is 19.8 Å². The predicted octanol–water partition coefficient (Wildman–Crippen LogP) is 16.9. The van der Waals surface area contributed by atoms with Gasteiger partial charge in [-0.05, 0) is 96.3 Å². The quantitative estimate of drug-likeness (QED) is 0.0347. The Morgan fingerprint density at radius 2 is 0.800 bits per heavy atom. The van der Waals surface area contributed by atoms with E-state index in [0.29, 0.717) is 25.9 Å². The molecular formula is C55H94O5. The fourth-order valence-corrected chi connectivity index (χ4v) is 6.65. The van der Waals surface area contributed by atoms with Crippen molar-refractivity contribution in [3.05, 3.63) is 85.1 Å². The minimum atomic E-state index is -0.581.